The number of carbonyl (C=O) groups excluding carboxylic acids is 1. The van der Waals surface area contributed by atoms with Crippen LogP contribution in [-0.4, -0.2) is 43.0 Å². The molecule has 3 rings (SSSR count). The van der Waals surface area contributed by atoms with Gasteiger partial charge in [0.2, 0.25) is 10.3 Å². The van der Waals surface area contributed by atoms with Crippen molar-refractivity contribution in [3.8, 4) is 11.5 Å². The van der Waals surface area contributed by atoms with E-state index in [2.05, 4.69) is 32.7 Å². The molecule has 0 spiro atoms. The minimum absolute atomic E-state index is 0.400. The van der Waals surface area contributed by atoms with Crippen LogP contribution < -0.4 is 25.0 Å². The molecule has 2 heterocycles. The predicted octanol–water partition coefficient (Wildman–Crippen LogP) is 3.58. The lowest BCUT2D eigenvalue weighted by Crippen LogP contribution is -2.37. The van der Waals surface area contributed by atoms with Crippen molar-refractivity contribution in [2.75, 3.05) is 36.3 Å². The van der Waals surface area contributed by atoms with Gasteiger partial charge in [0, 0.05) is 18.7 Å². The number of methoxy groups -OCH3 is 2. The van der Waals surface area contributed by atoms with Gasteiger partial charge in [0.15, 0.2) is 0 Å². The highest BCUT2D eigenvalue weighted by molar-refractivity contribution is 7.19. The number of piperidine rings is 1. The van der Waals surface area contributed by atoms with Gasteiger partial charge in [-0.3, -0.25) is 5.32 Å². The Bertz CT molecular complexity index is 767. The Kier molecular flexibility index (Phi) is 5.77. The predicted molar refractivity (Wildman–Crippen MR) is 103 cm³/mol. The first kappa shape index (κ1) is 18.2. The maximum absolute atomic E-state index is 12.3. The van der Waals surface area contributed by atoms with E-state index in [1.165, 1.54) is 24.9 Å². The SMILES string of the molecule is COc1ccc(NC(=O)Nc2nnc(N3CCCC[C@H]3C)s2)c(OC)c1. The summed E-state index contributed by atoms with van der Waals surface area (Å²) in [6.07, 6.45) is 3.55. The molecule has 9 heteroatoms. The van der Waals surface area contributed by atoms with E-state index in [-0.39, 0.29) is 0 Å². The van der Waals surface area contributed by atoms with Gasteiger partial charge in [0.1, 0.15) is 11.5 Å². The zero-order chi connectivity index (χ0) is 18.5. The summed E-state index contributed by atoms with van der Waals surface area (Å²) in [4.78, 5) is 14.5. The van der Waals surface area contributed by atoms with Crippen molar-refractivity contribution in [1.82, 2.24) is 10.2 Å². The van der Waals surface area contributed by atoms with Crippen LogP contribution in [0, 0.1) is 0 Å². The number of hydrogen-bond donors (Lipinski definition) is 2. The number of rotatable bonds is 5. The average molecular weight is 377 g/mol. The van der Waals surface area contributed by atoms with Gasteiger partial charge < -0.3 is 19.7 Å². The average Bonchev–Trinajstić information content (AvgIpc) is 3.10. The molecule has 2 amide bonds. The second-order valence-electron chi connectivity index (χ2n) is 6.07. The maximum Gasteiger partial charge on any atom is 0.325 e. The van der Waals surface area contributed by atoms with Crippen molar-refractivity contribution in [3.63, 3.8) is 0 Å². The molecule has 1 aliphatic rings. The lowest BCUT2D eigenvalue weighted by Gasteiger charge is -2.32. The van der Waals surface area contributed by atoms with Gasteiger partial charge in [-0.15, -0.1) is 10.2 Å². The van der Waals surface area contributed by atoms with E-state index in [1.54, 1.807) is 25.3 Å². The van der Waals surface area contributed by atoms with Crippen molar-refractivity contribution in [2.24, 2.45) is 0 Å². The number of urea groups is 1. The lowest BCUT2D eigenvalue weighted by atomic mass is 10.1. The van der Waals surface area contributed by atoms with E-state index in [0.717, 1.165) is 24.5 Å². The fraction of sp³-hybridized carbons (Fsp3) is 0.471. The van der Waals surface area contributed by atoms with Crippen molar-refractivity contribution in [2.45, 2.75) is 32.2 Å². The number of anilines is 3. The summed E-state index contributed by atoms with van der Waals surface area (Å²) in [7, 11) is 3.11. The Morgan fingerprint density at radius 2 is 2.08 bits per heavy atom. The van der Waals surface area contributed by atoms with E-state index in [9.17, 15) is 4.79 Å². The number of benzene rings is 1. The molecule has 0 saturated carbocycles. The van der Waals surface area contributed by atoms with Gasteiger partial charge in [-0.25, -0.2) is 4.79 Å². The monoisotopic (exact) mass is 377 g/mol. The highest BCUT2D eigenvalue weighted by Gasteiger charge is 2.22. The molecule has 1 aliphatic heterocycles. The molecule has 2 N–H and O–H groups in total. The van der Waals surface area contributed by atoms with Gasteiger partial charge in [-0.1, -0.05) is 11.3 Å². The second-order valence-corrected chi connectivity index (χ2v) is 7.03. The first-order valence-corrected chi connectivity index (χ1v) is 9.32. The smallest absolute Gasteiger partial charge is 0.325 e. The third-order valence-electron chi connectivity index (χ3n) is 4.34. The van der Waals surface area contributed by atoms with E-state index >= 15 is 0 Å². The van der Waals surface area contributed by atoms with Crippen LogP contribution in [0.3, 0.4) is 0 Å². The summed E-state index contributed by atoms with van der Waals surface area (Å²) in [5.41, 5.74) is 0.542. The Labute approximate surface area is 156 Å². The van der Waals surface area contributed by atoms with Crippen molar-refractivity contribution in [1.29, 1.82) is 0 Å². The summed E-state index contributed by atoms with van der Waals surface area (Å²) < 4.78 is 10.4. The van der Waals surface area contributed by atoms with Crippen molar-refractivity contribution >= 4 is 33.3 Å². The molecule has 1 saturated heterocycles. The number of amides is 2. The largest absolute Gasteiger partial charge is 0.497 e. The Hall–Kier alpha value is -2.55. The topological polar surface area (TPSA) is 88.6 Å². The number of hydrogen-bond acceptors (Lipinski definition) is 7. The third-order valence-corrected chi connectivity index (χ3v) is 5.22. The highest BCUT2D eigenvalue weighted by atomic mass is 32.1. The van der Waals surface area contributed by atoms with E-state index in [0.29, 0.717) is 28.4 Å². The molecule has 1 aromatic carbocycles. The van der Waals surface area contributed by atoms with Crippen LogP contribution in [0.2, 0.25) is 0 Å². The quantitative estimate of drug-likeness (QED) is 0.828. The molecule has 8 nitrogen and oxygen atoms in total. The molecule has 0 bridgehead atoms. The molecule has 1 fully saturated rings. The fourth-order valence-corrected chi connectivity index (χ4v) is 3.79. The number of ether oxygens (including phenoxy) is 2. The minimum atomic E-state index is -0.400. The first-order chi connectivity index (χ1) is 12.6. The zero-order valence-corrected chi connectivity index (χ0v) is 15.9. The Balaban J connectivity index is 1.64. The zero-order valence-electron chi connectivity index (χ0n) is 15.1. The molecule has 140 valence electrons. The van der Waals surface area contributed by atoms with E-state index < -0.39 is 6.03 Å². The standard InChI is InChI=1S/C17H23N5O3S/c1-11-6-4-5-9-22(11)17-21-20-16(26-17)19-15(23)18-13-8-7-12(24-2)10-14(13)25-3/h7-8,10-11H,4-6,9H2,1-3H3,(H2,18,19,20,23)/t11-/m1/s1. The normalized spacial score (nSPS) is 16.9. The van der Waals surface area contributed by atoms with Crippen LogP contribution >= 0.6 is 11.3 Å². The molecule has 1 atom stereocenters. The maximum atomic E-state index is 12.3. The first-order valence-electron chi connectivity index (χ1n) is 8.51. The van der Waals surface area contributed by atoms with Crippen LogP contribution in [-0.2, 0) is 0 Å². The molecule has 2 aromatic rings. The van der Waals surface area contributed by atoms with Crippen LogP contribution in [0.15, 0.2) is 18.2 Å². The second kappa shape index (κ2) is 8.22. The van der Waals surface area contributed by atoms with E-state index in [1.807, 2.05) is 0 Å². The van der Waals surface area contributed by atoms with Gasteiger partial charge in [-0.05, 0) is 38.3 Å². The van der Waals surface area contributed by atoms with Crippen LogP contribution in [0.4, 0.5) is 20.7 Å². The number of carbonyl (C=O) groups is 1. The molecule has 26 heavy (non-hydrogen) atoms. The Morgan fingerprint density at radius 3 is 2.81 bits per heavy atom. The van der Waals surface area contributed by atoms with Crippen molar-refractivity contribution < 1.29 is 14.3 Å². The van der Waals surface area contributed by atoms with E-state index in [4.69, 9.17) is 9.47 Å². The van der Waals surface area contributed by atoms with Crippen molar-refractivity contribution in [3.05, 3.63) is 18.2 Å². The minimum Gasteiger partial charge on any atom is -0.497 e. The molecular formula is C17H23N5O3S. The molecule has 1 aromatic heterocycles. The van der Waals surface area contributed by atoms with Crippen LogP contribution in [0.25, 0.3) is 0 Å². The van der Waals surface area contributed by atoms with Gasteiger partial charge in [0.25, 0.3) is 0 Å². The van der Waals surface area contributed by atoms with Gasteiger partial charge >= 0.3 is 6.03 Å². The fourth-order valence-electron chi connectivity index (χ4n) is 2.92. The lowest BCUT2D eigenvalue weighted by molar-refractivity contribution is 0.262. The third kappa shape index (κ3) is 4.16. The summed E-state index contributed by atoms with van der Waals surface area (Å²) in [5, 5.41) is 15.1. The number of nitrogens with one attached hydrogen (secondary N) is 2. The molecule has 0 aliphatic carbocycles. The summed E-state index contributed by atoms with van der Waals surface area (Å²) in [5.74, 6) is 1.16. The number of nitrogens with zero attached hydrogens (tertiary/aromatic N) is 3. The van der Waals surface area contributed by atoms with Crippen LogP contribution in [0.1, 0.15) is 26.2 Å². The van der Waals surface area contributed by atoms with Gasteiger partial charge in [-0.2, -0.15) is 0 Å². The molecular weight excluding hydrogens is 354 g/mol. The highest BCUT2D eigenvalue weighted by Crippen LogP contribution is 2.31. The summed E-state index contributed by atoms with van der Waals surface area (Å²) in [6, 6.07) is 5.22. The summed E-state index contributed by atoms with van der Waals surface area (Å²) >= 11 is 1.38. The Morgan fingerprint density at radius 1 is 1.23 bits per heavy atom. The molecule has 0 radical (unpaired) electrons. The van der Waals surface area contributed by atoms with Gasteiger partial charge in [0.05, 0.1) is 19.9 Å². The van der Waals surface area contributed by atoms with Crippen LogP contribution in [0.5, 0.6) is 11.5 Å². The number of aromatic nitrogens is 2. The summed E-state index contributed by atoms with van der Waals surface area (Å²) in [6.45, 7) is 3.17. The molecule has 0 unspecified atom stereocenters.